The van der Waals surface area contributed by atoms with Gasteiger partial charge in [-0.1, -0.05) is 12.1 Å². The number of hydrogen-bond donors (Lipinski definition) is 2. The molecule has 0 radical (unpaired) electrons. The van der Waals surface area contributed by atoms with Gasteiger partial charge in [0.2, 0.25) is 0 Å². The molecule has 4 nitrogen and oxygen atoms in total. The number of nitrogens with two attached hydrogens (primary N) is 1. The van der Waals surface area contributed by atoms with Crippen molar-refractivity contribution in [1.82, 2.24) is 4.90 Å². The van der Waals surface area contributed by atoms with Crippen molar-refractivity contribution < 1.29 is 9.90 Å². The summed E-state index contributed by atoms with van der Waals surface area (Å²) in [6.07, 6.45) is 3.32. The number of rotatable bonds is 1. The van der Waals surface area contributed by atoms with Crippen LogP contribution in [-0.4, -0.2) is 28.2 Å². The topological polar surface area (TPSA) is 66.6 Å². The smallest absolute Gasteiger partial charge is 0.407 e. The van der Waals surface area contributed by atoms with Crippen LogP contribution in [0.5, 0.6) is 0 Å². The largest absolute Gasteiger partial charge is 0.465 e. The highest BCUT2D eigenvalue weighted by molar-refractivity contribution is 5.67. The van der Waals surface area contributed by atoms with Gasteiger partial charge in [0, 0.05) is 23.7 Å². The number of fused-ring (bicyclic) bond motifs is 2. The second-order valence-electron chi connectivity index (χ2n) is 5.34. The summed E-state index contributed by atoms with van der Waals surface area (Å²) in [5, 5.41) is 9.33. The number of hydrogen-bond acceptors (Lipinski definition) is 2. The summed E-state index contributed by atoms with van der Waals surface area (Å²) in [5.74, 6) is 0.334. The molecule has 0 aromatic heterocycles. The molecule has 3 N–H and O–H groups in total. The van der Waals surface area contributed by atoms with Crippen molar-refractivity contribution in [3.63, 3.8) is 0 Å². The van der Waals surface area contributed by atoms with Gasteiger partial charge in [0.05, 0.1) is 0 Å². The molecular formula is C14H18N2O2. The van der Waals surface area contributed by atoms with Crippen LogP contribution in [0.2, 0.25) is 0 Å². The molecule has 1 aromatic rings. The van der Waals surface area contributed by atoms with E-state index in [2.05, 4.69) is 0 Å². The van der Waals surface area contributed by atoms with Crippen LogP contribution >= 0.6 is 0 Å². The molecule has 1 aromatic carbocycles. The SMILES string of the molecule is Nc1ccc(C2CC[C@@H]3CC[C@H]2N3C(=O)O)cc1. The quantitative estimate of drug-likeness (QED) is 0.749. The molecule has 2 saturated heterocycles. The molecule has 96 valence electrons. The van der Waals surface area contributed by atoms with E-state index in [0.29, 0.717) is 5.92 Å². The van der Waals surface area contributed by atoms with Gasteiger partial charge in [-0.2, -0.15) is 0 Å². The number of amides is 1. The molecule has 1 amide bonds. The Bertz CT molecular complexity index is 457. The summed E-state index contributed by atoms with van der Waals surface area (Å²) in [7, 11) is 0. The standard InChI is InChI=1S/C14H18N2O2/c15-10-3-1-9(2-4-10)12-7-5-11-6-8-13(12)16(11)14(17)18/h1-4,11-13H,5-8,15H2,(H,17,18)/t11-,12?,13-/m1/s1. The third-order valence-corrected chi connectivity index (χ3v) is 4.41. The van der Waals surface area contributed by atoms with E-state index in [1.807, 2.05) is 24.3 Å². The lowest BCUT2D eigenvalue weighted by Gasteiger charge is -2.38. The van der Waals surface area contributed by atoms with Gasteiger partial charge in [-0.25, -0.2) is 4.79 Å². The lowest BCUT2D eigenvalue weighted by atomic mass is 9.84. The number of piperidine rings is 1. The molecule has 4 heteroatoms. The molecule has 2 heterocycles. The van der Waals surface area contributed by atoms with Crippen LogP contribution in [0.1, 0.15) is 37.2 Å². The fourth-order valence-electron chi connectivity index (χ4n) is 3.58. The molecule has 2 aliphatic rings. The van der Waals surface area contributed by atoms with E-state index in [-0.39, 0.29) is 12.1 Å². The minimum Gasteiger partial charge on any atom is -0.465 e. The molecule has 2 bridgehead atoms. The highest BCUT2D eigenvalue weighted by atomic mass is 16.4. The maximum Gasteiger partial charge on any atom is 0.407 e. The van der Waals surface area contributed by atoms with Gasteiger partial charge in [-0.15, -0.1) is 0 Å². The van der Waals surface area contributed by atoms with Crippen LogP contribution in [0, 0.1) is 0 Å². The minimum absolute atomic E-state index is 0.157. The number of anilines is 1. The zero-order valence-electron chi connectivity index (χ0n) is 10.2. The molecule has 0 saturated carbocycles. The maximum atomic E-state index is 11.4. The van der Waals surface area contributed by atoms with Gasteiger partial charge >= 0.3 is 6.09 Å². The summed E-state index contributed by atoms with van der Waals surface area (Å²) in [6.45, 7) is 0. The third kappa shape index (κ3) is 1.72. The summed E-state index contributed by atoms with van der Waals surface area (Å²) in [5.41, 5.74) is 7.68. The van der Waals surface area contributed by atoms with E-state index < -0.39 is 6.09 Å². The Hall–Kier alpha value is -1.71. The molecule has 3 atom stereocenters. The van der Waals surface area contributed by atoms with Crippen molar-refractivity contribution >= 4 is 11.8 Å². The first-order valence-electron chi connectivity index (χ1n) is 6.53. The fourth-order valence-corrected chi connectivity index (χ4v) is 3.58. The second kappa shape index (κ2) is 4.19. The van der Waals surface area contributed by atoms with Crippen molar-refractivity contribution in [3.8, 4) is 0 Å². The molecule has 3 rings (SSSR count). The van der Waals surface area contributed by atoms with E-state index in [0.717, 1.165) is 31.4 Å². The van der Waals surface area contributed by atoms with Gasteiger partial charge < -0.3 is 15.7 Å². The first kappa shape index (κ1) is 11.4. The number of nitrogen functional groups attached to an aromatic ring is 1. The number of nitrogens with zero attached hydrogens (tertiary/aromatic N) is 1. The van der Waals surface area contributed by atoms with Gasteiger partial charge in [0.1, 0.15) is 0 Å². The van der Waals surface area contributed by atoms with Crippen LogP contribution in [0.3, 0.4) is 0 Å². The van der Waals surface area contributed by atoms with Crippen molar-refractivity contribution in [2.24, 2.45) is 0 Å². The van der Waals surface area contributed by atoms with Crippen LogP contribution in [0.25, 0.3) is 0 Å². The second-order valence-corrected chi connectivity index (χ2v) is 5.34. The maximum absolute atomic E-state index is 11.4. The van der Waals surface area contributed by atoms with Gasteiger partial charge in [-0.3, -0.25) is 0 Å². The highest BCUT2D eigenvalue weighted by Crippen LogP contribution is 2.44. The molecule has 2 fully saturated rings. The number of benzene rings is 1. The molecular weight excluding hydrogens is 228 g/mol. The predicted molar refractivity (Wildman–Crippen MR) is 69.5 cm³/mol. The monoisotopic (exact) mass is 246 g/mol. The van der Waals surface area contributed by atoms with Crippen molar-refractivity contribution in [2.45, 2.75) is 43.7 Å². The number of carbonyl (C=O) groups is 1. The average Bonchev–Trinajstić information content (AvgIpc) is 2.66. The van der Waals surface area contributed by atoms with Gasteiger partial charge in [0.15, 0.2) is 0 Å². The Morgan fingerprint density at radius 2 is 1.83 bits per heavy atom. The van der Waals surface area contributed by atoms with E-state index in [9.17, 15) is 9.90 Å². The Morgan fingerprint density at radius 3 is 2.50 bits per heavy atom. The van der Waals surface area contributed by atoms with Crippen molar-refractivity contribution in [1.29, 1.82) is 0 Å². The zero-order valence-corrected chi connectivity index (χ0v) is 10.2. The Labute approximate surface area is 106 Å². The molecule has 2 aliphatic heterocycles. The summed E-state index contributed by atoms with van der Waals surface area (Å²) < 4.78 is 0. The normalized spacial score (nSPS) is 30.4. The van der Waals surface area contributed by atoms with E-state index in [4.69, 9.17) is 5.73 Å². The molecule has 1 unspecified atom stereocenters. The zero-order chi connectivity index (χ0) is 12.7. The van der Waals surface area contributed by atoms with Crippen LogP contribution in [-0.2, 0) is 0 Å². The lowest BCUT2D eigenvalue weighted by molar-refractivity contribution is 0.0937. The van der Waals surface area contributed by atoms with Crippen LogP contribution in [0.15, 0.2) is 24.3 Å². The Kier molecular flexibility index (Phi) is 2.65. The summed E-state index contributed by atoms with van der Waals surface area (Å²) in [6, 6.07) is 8.29. The predicted octanol–water partition coefficient (Wildman–Crippen LogP) is 2.66. The first-order chi connectivity index (χ1) is 8.66. The van der Waals surface area contributed by atoms with E-state index >= 15 is 0 Å². The van der Waals surface area contributed by atoms with E-state index in [1.165, 1.54) is 5.56 Å². The van der Waals surface area contributed by atoms with Gasteiger partial charge in [0.25, 0.3) is 0 Å². The fraction of sp³-hybridized carbons (Fsp3) is 0.500. The Balaban J connectivity index is 1.89. The summed E-state index contributed by atoms with van der Waals surface area (Å²) in [4.78, 5) is 13.0. The third-order valence-electron chi connectivity index (χ3n) is 4.41. The van der Waals surface area contributed by atoms with Crippen molar-refractivity contribution in [2.75, 3.05) is 5.73 Å². The molecule has 0 spiro atoms. The molecule has 18 heavy (non-hydrogen) atoms. The lowest BCUT2D eigenvalue weighted by Crippen LogP contribution is -2.46. The van der Waals surface area contributed by atoms with Crippen LogP contribution < -0.4 is 5.73 Å². The van der Waals surface area contributed by atoms with E-state index in [1.54, 1.807) is 4.90 Å². The first-order valence-corrected chi connectivity index (χ1v) is 6.53. The van der Waals surface area contributed by atoms with Gasteiger partial charge in [-0.05, 0) is 43.4 Å². The number of carboxylic acid groups (broad SMARTS) is 1. The molecule has 0 aliphatic carbocycles. The summed E-state index contributed by atoms with van der Waals surface area (Å²) >= 11 is 0. The van der Waals surface area contributed by atoms with Crippen molar-refractivity contribution in [3.05, 3.63) is 29.8 Å². The van der Waals surface area contributed by atoms with Crippen LogP contribution in [0.4, 0.5) is 10.5 Å². The minimum atomic E-state index is -0.761. The Morgan fingerprint density at radius 1 is 1.17 bits per heavy atom. The average molecular weight is 246 g/mol. The highest BCUT2D eigenvalue weighted by Gasteiger charge is 2.45.